The molecule has 0 bridgehead atoms. The van der Waals surface area contributed by atoms with Crippen molar-refractivity contribution in [3.05, 3.63) is 88.3 Å². The zero-order chi connectivity index (χ0) is 27.1. The number of nitrogens with zero attached hydrogens (tertiary/aromatic N) is 2. The van der Waals surface area contributed by atoms with Crippen molar-refractivity contribution in [3.8, 4) is 17.2 Å². The number of likely N-dealkylation sites (N-methyl/N-ethyl adjacent to an activating group) is 1. The second-order valence-corrected chi connectivity index (χ2v) is 9.19. The number of benzene rings is 3. The van der Waals surface area contributed by atoms with Gasteiger partial charge in [0.15, 0.2) is 16.7 Å². The van der Waals surface area contributed by atoms with Crippen LogP contribution in [-0.2, 0) is 11.4 Å². The summed E-state index contributed by atoms with van der Waals surface area (Å²) in [5, 5.41) is 9.68. The van der Waals surface area contributed by atoms with Crippen LogP contribution in [0.4, 0.5) is 5.69 Å². The highest BCUT2D eigenvalue weighted by Crippen LogP contribution is 2.36. The van der Waals surface area contributed by atoms with Crippen LogP contribution in [0.5, 0.6) is 17.2 Å². The molecule has 1 saturated heterocycles. The average molecular weight is 533 g/mol. The second-order valence-electron chi connectivity index (χ2n) is 8.18. The Labute approximate surface area is 225 Å². The molecule has 8 nitrogen and oxygen atoms in total. The molecular weight excluding hydrogens is 504 g/mol. The smallest absolute Gasteiger partial charge is 0.335 e. The Hall–Kier alpha value is -4.24. The van der Waals surface area contributed by atoms with Gasteiger partial charge in [-0.3, -0.25) is 9.69 Å². The van der Waals surface area contributed by atoms with Gasteiger partial charge in [0.1, 0.15) is 12.4 Å². The second kappa shape index (κ2) is 12.3. The highest BCUT2D eigenvalue weighted by Gasteiger charge is 2.32. The molecule has 0 unspecified atom stereocenters. The van der Waals surface area contributed by atoms with Crippen molar-refractivity contribution in [2.45, 2.75) is 20.5 Å². The van der Waals surface area contributed by atoms with Gasteiger partial charge in [0.25, 0.3) is 5.91 Å². The molecule has 0 radical (unpaired) electrons. The van der Waals surface area contributed by atoms with E-state index in [1.54, 1.807) is 42.3 Å². The fraction of sp³-hybridized carbons (Fsp3) is 0.207. The van der Waals surface area contributed by atoms with Crippen molar-refractivity contribution >= 4 is 40.6 Å². The molecular formula is C29H28N2O6S. The normalized spacial score (nSPS) is 15.2. The van der Waals surface area contributed by atoms with Crippen molar-refractivity contribution in [2.24, 2.45) is 4.99 Å². The van der Waals surface area contributed by atoms with E-state index in [1.807, 2.05) is 56.3 Å². The molecule has 4 rings (SSSR count). The van der Waals surface area contributed by atoms with Crippen molar-refractivity contribution in [2.75, 3.05) is 20.3 Å². The third kappa shape index (κ3) is 6.36. The molecule has 3 aromatic rings. The number of carbonyl (C=O) groups excluding carboxylic acids is 1. The Bertz CT molecular complexity index is 1370. The monoisotopic (exact) mass is 532 g/mol. The molecule has 1 aliphatic rings. The van der Waals surface area contributed by atoms with Crippen LogP contribution in [-0.4, -0.2) is 47.3 Å². The van der Waals surface area contributed by atoms with Gasteiger partial charge in [-0.05, 0) is 91.3 Å². The first-order valence-electron chi connectivity index (χ1n) is 12.1. The molecule has 3 aromatic carbocycles. The molecule has 1 heterocycles. The van der Waals surface area contributed by atoms with Crippen LogP contribution in [0, 0.1) is 0 Å². The Morgan fingerprint density at radius 1 is 1.00 bits per heavy atom. The minimum absolute atomic E-state index is 0.104. The summed E-state index contributed by atoms with van der Waals surface area (Å²) < 4.78 is 17.0. The van der Waals surface area contributed by atoms with Crippen LogP contribution in [0.2, 0.25) is 0 Å². The number of thioether (sulfide) groups is 1. The van der Waals surface area contributed by atoms with Gasteiger partial charge in [0, 0.05) is 6.54 Å². The summed E-state index contributed by atoms with van der Waals surface area (Å²) in [7, 11) is 1.61. The SMILES string of the molecule is CCOc1cc(C=C2SC(=Nc3ccc(OC)cc3)N(CC)C2=O)ccc1OCc1ccc(C(=O)O)cc1. The number of amides is 1. The minimum Gasteiger partial charge on any atom is -0.497 e. The summed E-state index contributed by atoms with van der Waals surface area (Å²) >= 11 is 1.33. The van der Waals surface area contributed by atoms with E-state index in [0.29, 0.717) is 34.7 Å². The van der Waals surface area contributed by atoms with Gasteiger partial charge in [-0.1, -0.05) is 18.2 Å². The van der Waals surface area contributed by atoms with Gasteiger partial charge < -0.3 is 19.3 Å². The number of aromatic carboxylic acids is 1. The third-order valence-electron chi connectivity index (χ3n) is 5.66. The Morgan fingerprint density at radius 2 is 1.74 bits per heavy atom. The summed E-state index contributed by atoms with van der Waals surface area (Å²) in [5.74, 6) is 0.775. The highest BCUT2D eigenvalue weighted by atomic mass is 32.2. The fourth-order valence-corrected chi connectivity index (χ4v) is 4.76. The summed E-state index contributed by atoms with van der Waals surface area (Å²) in [4.78, 5) is 31.0. The summed E-state index contributed by atoms with van der Waals surface area (Å²) in [6, 6.07) is 19.4. The van der Waals surface area contributed by atoms with E-state index in [4.69, 9.17) is 19.3 Å². The Kier molecular flexibility index (Phi) is 8.70. The van der Waals surface area contributed by atoms with E-state index in [1.165, 1.54) is 11.8 Å². The van der Waals surface area contributed by atoms with Crippen LogP contribution < -0.4 is 14.2 Å². The van der Waals surface area contributed by atoms with Crippen molar-refractivity contribution in [3.63, 3.8) is 0 Å². The number of hydrogen-bond donors (Lipinski definition) is 1. The summed E-state index contributed by atoms with van der Waals surface area (Å²) in [6.07, 6.45) is 1.82. The van der Waals surface area contributed by atoms with E-state index < -0.39 is 5.97 Å². The van der Waals surface area contributed by atoms with E-state index in [-0.39, 0.29) is 18.1 Å². The van der Waals surface area contributed by atoms with Crippen molar-refractivity contribution < 1.29 is 28.9 Å². The summed E-state index contributed by atoms with van der Waals surface area (Å²) in [6.45, 7) is 5.00. The number of aliphatic imine (C=N–C) groups is 1. The lowest BCUT2D eigenvalue weighted by Crippen LogP contribution is -2.28. The van der Waals surface area contributed by atoms with Gasteiger partial charge >= 0.3 is 5.97 Å². The largest absolute Gasteiger partial charge is 0.497 e. The van der Waals surface area contributed by atoms with Gasteiger partial charge in [-0.15, -0.1) is 0 Å². The van der Waals surface area contributed by atoms with Crippen molar-refractivity contribution in [1.82, 2.24) is 4.90 Å². The van der Waals surface area contributed by atoms with E-state index in [9.17, 15) is 9.59 Å². The number of ether oxygens (including phenoxy) is 3. The van der Waals surface area contributed by atoms with E-state index >= 15 is 0 Å². The molecule has 0 aromatic heterocycles. The van der Waals surface area contributed by atoms with Crippen LogP contribution in [0.3, 0.4) is 0 Å². The predicted octanol–water partition coefficient (Wildman–Crippen LogP) is 6.00. The predicted molar refractivity (Wildman–Crippen MR) is 148 cm³/mol. The van der Waals surface area contributed by atoms with Gasteiger partial charge in [0.2, 0.25) is 0 Å². The maximum atomic E-state index is 13.1. The maximum Gasteiger partial charge on any atom is 0.335 e. The lowest BCUT2D eigenvalue weighted by atomic mass is 10.1. The lowest BCUT2D eigenvalue weighted by molar-refractivity contribution is -0.122. The fourth-order valence-electron chi connectivity index (χ4n) is 3.70. The zero-order valence-corrected chi connectivity index (χ0v) is 22.2. The van der Waals surface area contributed by atoms with Crippen LogP contribution >= 0.6 is 11.8 Å². The number of methoxy groups -OCH3 is 1. The van der Waals surface area contributed by atoms with E-state index in [0.717, 1.165) is 22.6 Å². The number of carboxylic acid groups (broad SMARTS) is 1. The third-order valence-corrected chi connectivity index (χ3v) is 6.67. The number of carbonyl (C=O) groups is 2. The van der Waals surface area contributed by atoms with E-state index in [2.05, 4.69) is 4.99 Å². The molecule has 0 spiro atoms. The van der Waals surface area contributed by atoms with Gasteiger partial charge in [-0.2, -0.15) is 0 Å². The average Bonchev–Trinajstić information content (AvgIpc) is 3.22. The maximum absolute atomic E-state index is 13.1. The number of carboxylic acids is 1. The van der Waals surface area contributed by atoms with Gasteiger partial charge in [-0.25, -0.2) is 9.79 Å². The zero-order valence-electron chi connectivity index (χ0n) is 21.3. The molecule has 0 aliphatic carbocycles. The number of rotatable bonds is 10. The summed E-state index contributed by atoms with van der Waals surface area (Å²) in [5.41, 5.74) is 2.59. The molecule has 0 atom stereocenters. The number of amidine groups is 1. The first-order valence-corrected chi connectivity index (χ1v) is 12.9. The van der Waals surface area contributed by atoms with Crippen LogP contribution in [0.1, 0.15) is 35.3 Å². The highest BCUT2D eigenvalue weighted by molar-refractivity contribution is 8.18. The van der Waals surface area contributed by atoms with Crippen molar-refractivity contribution in [1.29, 1.82) is 0 Å². The molecule has 9 heteroatoms. The van der Waals surface area contributed by atoms with Gasteiger partial charge in [0.05, 0.1) is 29.9 Å². The molecule has 38 heavy (non-hydrogen) atoms. The molecule has 1 aliphatic heterocycles. The standard InChI is InChI=1S/C29H28N2O6S/c1-4-31-27(32)26(38-29(31)30-22-11-13-23(35-3)14-12-22)17-20-8-15-24(25(16-20)36-5-2)37-18-19-6-9-21(10-7-19)28(33)34/h6-17H,4-5,18H2,1-3H3,(H,33,34). The first-order chi connectivity index (χ1) is 18.4. The first kappa shape index (κ1) is 26.8. The molecule has 0 saturated carbocycles. The topological polar surface area (TPSA) is 97.7 Å². The molecule has 1 amide bonds. The Balaban J connectivity index is 1.53. The molecule has 1 N–H and O–H groups in total. The molecule has 196 valence electrons. The quantitative estimate of drug-likeness (QED) is 0.320. The minimum atomic E-state index is -0.971. The van der Waals surface area contributed by atoms with Crippen LogP contribution in [0.15, 0.2) is 76.6 Å². The molecule has 1 fully saturated rings. The van der Waals surface area contributed by atoms with Crippen LogP contribution in [0.25, 0.3) is 6.08 Å². The lowest BCUT2D eigenvalue weighted by Gasteiger charge is -2.13. The Morgan fingerprint density at radius 3 is 2.37 bits per heavy atom. The number of hydrogen-bond acceptors (Lipinski definition) is 7.